The Balaban J connectivity index is 1.76. The molecule has 1 aromatic rings. The Morgan fingerprint density at radius 1 is 1.37 bits per heavy atom. The van der Waals surface area contributed by atoms with E-state index in [1.807, 2.05) is 0 Å². The van der Waals surface area contributed by atoms with Crippen molar-refractivity contribution in [2.45, 2.75) is 64.1 Å². The molecule has 0 amide bonds. The maximum atomic E-state index is 4.64. The lowest BCUT2D eigenvalue weighted by atomic mass is 9.87. The summed E-state index contributed by atoms with van der Waals surface area (Å²) in [5.41, 5.74) is 1.86. The average molecular weight is 279 g/mol. The number of aromatic nitrogens is 1. The molecule has 4 heteroatoms. The van der Waals surface area contributed by atoms with Gasteiger partial charge in [0.15, 0.2) is 0 Å². The van der Waals surface area contributed by atoms with Crippen LogP contribution in [0.25, 0.3) is 0 Å². The molecule has 0 bridgehead atoms. The van der Waals surface area contributed by atoms with Crippen molar-refractivity contribution in [2.75, 3.05) is 13.1 Å². The molecule has 19 heavy (non-hydrogen) atoms. The molecule has 106 valence electrons. The van der Waals surface area contributed by atoms with Crippen molar-refractivity contribution in [1.29, 1.82) is 0 Å². The van der Waals surface area contributed by atoms with Crippen LogP contribution in [0.3, 0.4) is 0 Å². The summed E-state index contributed by atoms with van der Waals surface area (Å²) in [5.74, 6) is 0. The molecule has 1 saturated carbocycles. The molecule has 0 atom stereocenters. The van der Waals surface area contributed by atoms with Crippen LogP contribution in [-0.2, 0) is 6.54 Å². The molecule has 0 unspecified atom stereocenters. The van der Waals surface area contributed by atoms with Crippen LogP contribution >= 0.6 is 11.3 Å². The first-order chi connectivity index (χ1) is 8.99. The second kappa shape index (κ2) is 4.83. The third-order valence-corrected chi connectivity index (χ3v) is 5.65. The SMILES string of the molecule is Cc1nc(CN2CC3(CCCC3)NCC2(C)C)cs1. The molecule has 2 fully saturated rings. The van der Waals surface area contributed by atoms with E-state index in [0.717, 1.165) is 13.1 Å². The summed E-state index contributed by atoms with van der Waals surface area (Å²) in [6.45, 7) is 10.1. The van der Waals surface area contributed by atoms with Gasteiger partial charge < -0.3 is 5.32 Å². The van der Waals surface area contributed by atoms with E-state index in [-0.39, 0.29) is 5.54 Å². The van der Waals surface area contributed by atoms with E-state index in [1.54, 1.807) is 11.3 Å². The normalized spacial score (nSPS) is 26.1. The van der Waals surface area contributed by atoms with Gasteiger partial charge in [0.25, 0.3) is 0 Å². The van der Waals surface area contributed by atoms with Crippen molar-refractivity contribution in [3.63, 3.8) is 0 Å². The molecular weight excluding hydrogens is 254 g/mol. The second-order valence-corrected chi connectivity index (χ2v) is 7.93. The fraction of sp³-hybridized carbons (Fsp3) is 0.800. The van der Waals surface area contributed by atoms with Crippen molar-refractivity contribution < 1.29 is 0 Å². The van der Waals surface area contributed by atoms with Gasteiger partial charge in [-0.1, -0.05) is 12.8 Å². The van der Waals surface area contributed by atoms with Gasteiger partial charge in [-0.2, -0.15) is 0 Å². The molecule has 2 aliphatic rings. The Hall–Kier alpha value is -0.450. The summed E-state index contributed by atoms with van der Waals surface area (Å²) in [6.07, 6.45) is 5.46. The number of aryl methyl sites for hydroxylation is 1. The van der Waals surface area contributed by atoms with Gasteiger partial charge in [-0.05, 0) is 33.6 Å². The predicted octanol–water partition coefficient (Wildman–Crippen LogP) is 2.95. The zero-order valence-electron chi connectivity index (χ0n) is 12.3. The minimum absolute atomic E-state index is 0.228. The quantitative estimate of drug-likeness (QED) is 0.902. The average Bonchev–Trinajstić information content (AvgIpc) is 2.95. The fourth-order valence-corrected chi connectivity index (χ4v) is 4.09. The van der Waals surface area contributed by atoms with Gasteiger partial charge in [0.1, 0.15) is 0 Å². The molecule has 3 rings (SSSR count). The largest absolute Gasteiger partial charge is 0.308 e. The van der Waals surface area contributed by atoms with Crippen LogP contribution in [0, 0.1) is 6.92 Å². The standard InChI is InChI=1S/C15H25N3S/c1-12-17-13(9-19-12)8-18-11-15(6-4-5-7-15)16-10-14(18,2)3/h9,16H,4-8,10-11H2,1-3H3. The van der Waals surface area contributed by atoms with E-state index >= 15 is 0 Å². The molecule has 3 nitrogen and oxygen atoms in total. The van der Waals surface area contributed by atoms with Crippen molar-refractivity contribution in [1.82, 2.24) is 15.2 Å². The van der Waals surface area contributed by atoms with Crippen molar-refractivity contribution in [3.8, 4) is 0 Å². The van der Waals surface area contributed by atoms with Crippen LogP contribution in [0.15, 0.2) is 5.38 Å². The highest BCUT2D eigenvalue weighted by Gasteiger charge is 2.44. The Kier molecular flexibility index (Phi) is 3.44. The molecule has 1 N–H and O–H groups in total. The van der Waals surface area contributed by atoms with E-state index in [4.69, 9.17) is 0 Å². The van der Waals surface area contributed by atoms with E-state index in [9.17, 15) is 0 Å². The number of hydrogen-bond donors (Lipinski definition) is 1. The van der Waals surface area contributed by atoms with Crippen LogP contribution < -0.4 is 5.32 Å². The summed E-state index contributed by atoms with van der Waals surface area (Å²) in [6, 6.07) is 0. The zero-order chi connectivity index (χ0) is 13.5. The first-order valence-electron chi connectivity index (χ1n) is 7.40. The van der Waals surface area contributed by atoms with Crippen molar-refractivity contribution in [2.24, 2.45) is 0 Å². The third kappa shape index (κ3) is 2.71. The van der Waals surface area contributed by atoms with Gasteiger partial charge >= 0.3 is 0 Å². The first-order valence-corrected chi connectivity index (χ1v) is 8.28. The molecule has 1 aromatic heterocycles. The molecule has 1 saturated heterocycles. The number of rotatable bonds is 2. The number of piperazine rings is 1. The lowest BCUT2D eigenvalue weighted by Gasteiger charge is -2.51. The summed E-state index contributed by atoms with van der Waals surface area (Å²) in [4.78, 5) is 7.28. The molecular formula is C15H25N3S. The van der Waals surface area contributed by atoms with Crippen LogP contribution in [0.5, 0.6) is 0 Å². The third-order valence-electron chi connectivity index (χ3n) is 4.83. The van der Waals surface area contributed by atoms with Crippen LogP contribution in [-0.4, -0.2) is 34.1 Å². The molecule has 0 aromatic carbocycles. The molecule has 2 heterocycles. The highest BCUT2D eigenvalue weighted by atomic mass is 32.1. The molecule has 1 aliphatic carbocycles. The number of hydrogen-bond acceptors (Lipinski definition) is 4. The molecule has 0 radical (unpaired) electrons. The van der Waals surface area contributed by atoms with E-state index in [0.29, 0.717) is 5.54 Å². The van der Waals surface area contributed by atoms with Gasteiger partial charge in [0, 0.05) is 36.1 Å². The maximum Gasteiger partial charge on any atom is 0.0897 e. The summed E-state index contributed by atoms with van der Waals surface area (Å²) < 4.78 is 0. The van der Waals surface area contributed by atoms with Crippen LogP contribution in [0.2, 0.25) is 0 Å². The highest BCUT2D eigenvalue weighted by Crippen LogP contribution is 2.36. The zero-order valence-corrected chi connectivity index (χ0v) is 13.1. The predicted molar refractivity (Wildman–Crippen MR) is 80.5 cm³/mol. The Labute approximate surface area is 120 Å². The van der Waals surface area contributed by atoms with Gasteiger partial charge in [0.05, 0.1) is 10.7 Å². The van der Waals surface area contributed by atoms with Gasteiger partial charge in [0.2, 0.25) is 0 Å². The monoisotopic (exact) mass is 279 g/mol. The minimum Gasteiger partial charge on any atom is -0.308 e. The summed E-state index contributed by atoms with van der Waals surface area (Å²) in [7, 11) is 0. The van der Waals surface area contributed by atoms with E-state index < -0.39 is 0 Å². The minimum atomic E-state index is 0.228. The summed E-state index contributed by atoms with van der Waals surface area (Å²) in [5, 5.41) is 7.24. The maximum absolute atomic E-state index is 4.64. The topological polar surface area (TPSA) is 28.2 Å². The lowest BCUT2D eigenvalue weighted by molar-refractivity contribution is 0.0209. The number of thiazole rings is 1. The summed E-state index contributed by atoms with van der Waals surface area (Å²) >= 11 is 1.76. The fourth-order valence-electron chi connectivity index (χ4n) is 3.48. The van der Waals surface area contributed by atoms with Gasteiger partial charge in [-0.3, -0.25) is 4.90 Å². The number of nitrogens with zero attached hydrogens (tertiary/aromatic N) is 2. The highest BCUT2D eigenvalue weighted by molar-refractivity contribution is 7.09. The Morgan fingerprint density at radius 2 is 2.11 bits per heavy atom. The van der Waals surface area contributed by atoms with Crippen molar-refractivity contribution in [3.05, 3.63) is 16.1 Å². The molecule has 1 spiro atoms. The Bertz CT molecular complexity index is 446. The van der Waals surface area contributed by atoms with Gasteiger partial charge in [-0.25, -0.2) is 4.98 Å². The number of nitrogens with one attached hydrogen (secondary N) is 1. The Morgan fingerprint density at radius 3 is 2.74 bits per heavy atom. The smallest absolute Gasteiger partial charge is 0.0897 e. The molecule has 1 aliphatic heterocycles. The first kappa shape index (κ1) is 13.5. The van der Waals surface area contributed by atoms with E-state index in [2.05, 4.69) is 41.4 Å². The lowest BCUT2D eigenvalue weighted by Crippen LogP contribution is -2.66. The van der Waals surface area contributed by atoms with E-state index in [1.165, 1.54) is 42.9 Å². The van der Waals surface area contributed by atoms with Crippen LogP contribution in [0.1, 0.15) is 50.2 Å². The second-order valence-electron chi connectivity index (χ2n) is 6.87. The van der Waals surface area contributed by atoms with Crippen LogP contribution in [0.4, 0.5) is 0 Å². The van der Waals surface area contributed by atoms with Crippen molar-refractivity contribution >= 4 is 11.3 Å². The van der Waals surface area contributed by atoms with Gasteiger partial charge in [-0.15, -0.1) is 11.3 Å².